The van der Waals surface area contributed by atoms with Crippen molar-refractivity contribution < 1.29 is 42.2 Å². The summed E-state index contributed by atoms with van der Waals surface area (Å²) in [5.41, 5.74) is 0.274. The van der Waals surface area contributed by atoms with Gasteiger partial charge in [-0.25, -0.2) is 9.80 Å². The van der Waals surface area contributed by atoms with E-state index in [1.807, 2.05) is 0 Å². The zero-order valence-corrected chi connectivity index (χ0v) is 25.9. The Hall–Kier alpha value is -4.64. The number of hydrogen-bond acceptors (Lipinski definition) is 6. The van der Waals surface area contributed by atoms with Crippen molar-refractivity contribution in [2.24, 2.45) is 29.1 Å². The number of phenols is 1. The van der Waals surface area contributed by atoms with Gasteiger partial charge in [0.1, 0.15) is 11.5 Å². The molecular formula is C35H28ClF3N2O6. The summed E-state index contributed by atoms with van der Waals surface area (Å²) in [4.78, 5) is 58.8. The number of phenolic OH excluding ortho intramolecular Hbond substituents is 1. The standard InChI is InChI=1S/C35H28ClF3N2O6/c1-17-8-9-19(14-26(17)36)40-30(43)22-12-11-21-23(28(22)32(40)45)16-25-31(44)41(18-6-4-3-5-7-18)33(46)34(25,2)29(21)24-15-20(10-13-27(24)42)47-35(37,38)39/h3-11,13-15,22-23,25,28-29,42H,12,16H2,1-2H3/t22-,23+,25-,28-,29+,34+/m0/s1. The lowest BCUT2D eigenvalue weighted by Crippen LogP contribution is -2.49. The second kappa shape index (κ2) is 10.7. The van der Waals surface area contributed by atoms with Gasteiger partial charge in [-0.05, 0) is 80.6 Å². The molecule has 12 heteroatoms. The van der Waals surface area contributed by atoms with Gasteiger partial charge in [0, 0.05) is 16.5 Å². The number of carbonyl (C=O) groups excluding carboxylic acids is 4. The minimum Gasteiger partial charge on any atom is -0.508 e. The number of para-hydroxylation sites is 1. The van der Waals surface area contributed by atoms with E-state index in [9.17, 15) is 37.5 Å². The van der Waals surface area contributed by atoms with Crippen molar-refractivity contribution in [2.75, 3.05) is 9.80 Å². The molecule has 1 N–H and O–H groups in total. The van der Waals surface area contributed by atoms with Crippen LogP contribution in [0.3, 0.4) is 0 Å². The lowest BCUT2D eigenvalue weighted by molar-refractivity contribution is -0.274. The lowest BCUT2D eigenvalue weighted by atomic mass is 9.51. The highest BCUT2D eigenvalue weighted by atomic mass is 35.5. The first-order valence-corrected chi connectivity index (χ1v) is 15.5. The van der Waals surface area contributed by atoms with Crippen LogP contribution >= 0.6 is 11.6 Å². The van der Waals surface area contributed by atoms with Gasteiger partial charge in [-0.15, -0.1) is 13.2 Å². The molecule has 4 aliphatic rings. The summed E-state index contributed by atoms with van der Waals surface area (Å²) in [6, 6.07) is 16.2. The highest BCUT2D eigenvalue weighted by molar-refractivity contribution is 6.32. The molecule has 2 aliphatic carbocycles. The summed E-state index contributed by atoms with van der Waals surface area (Å²) < 4.78 is 44.1. The summed E-state index contributed by atoms with van der Waals surface area (Å²) in [6.45, 7) is 3.37. The third-order valence-corrected chi connectivity index (χ3v) is 10.7. The Morgan fingerprint density at radius 2 is 1.62 bits per heavy atom. The Balaban J connectivity index is 1.38. The average Bonchev–Trinajstić information content (AvgIpc) is 3.39. The molecule has 3 aromatic carbocycles. The number of fused-ring (bicyclic) bond motifs is 4. The van der Waals surface area contributed by atoms with Gasteiger partial charge >= 0.3 is 6.36 Å². The number of rotatable bonds is 4. The molecule has 0 radical (unpaired) electrons. The van der Waals surface area contributed by atoms with E-state index in [1.54, 1.807) is 68.5 Å². The maximum absolute atomic E-state index is 14.4. The molecule has 2 aliphatic heterocycles. The predicted octanol–water partition coefficient (Wildman–Crippen LogP) is 6.69. The van der Waals surface area contributed by atoms with Crippen molar-refractivity contribution in [3.8, 4) is 11.5 Å². The number of aromatic hydroxyl groups is 1. The number of ether oxygens (including phenoxy) is 1. The van der Waals surface area contributed by atoms with E-state index >= 15 is 0 Å². The Morgan fingerprint density at radius 3 is 2.30 bits per heavy atom. The number of halogens is 4. The van der Waals surface area contributed by atoms with Gasteiger partial charge in [0.2, 0.25) is 23.6 Å². The van der Waals surface area contributed by atoms with E-state index in [2.05, 4.69) is 4.74 Å². The molecule has 242 valence electrons. The smallest absolute Gasteiger partial charge is 0.508 e. The number of alkyl halides is 3. The van der Waals surface area contributed by atoms with Crippen LogP contribution in [0.5, 0.6) is 11.5 Å². The fourth-order valence-corrected chi connectivity index (χ4v) is 8.29. The molecule has 3 aromatic rings. The van der Waals surface area contributed by atoms with Crippen LogP contribution in [0.25, 0.3) is 0 Å². The molecule has 2 saturated heterocycles. The number of anilines is 2. The Kier molecular flexibility index (Phi) is 7.05. The Bertz CT molecular complexity index is 1900. The Labute approximate surface area is 272 Å². The van der Waals surface area contributed by atoms with Crippen LogP contribution in [0, 0.1) is 36.0 Å². The molecule has 8 nitrogen and oxygen atoms in total. The molecule has 47 heavy (non-hydrogen) atoms. The van der Waals surface area contributed by atoms with Gasteiger partial charge < -0.3 is 9.84 Å². The van der Waals surface area contributed by atoms with E-state index in [-0.39, 0.29) is 18.4 Å². The number of carbonyl (C=O) groups is 4. The summed E-state index contributed by atoms with van der Waals surface area (Å²) in [6.07, 6.45) is -3.14. The molecule has 0 aromatic heterocycles. The number of benzene rings is 3. The molecule has 3 fully saturated rings. The second-order valence-electron chi connectivity index (χ2n) is 12.7. The molecule has 7 rings (SSSR count). The predicted molar refractivity (Wildman–Crippen MR) is 165 cm³/mol. The highest BCUT2D eigenvalue weighted by Gasteiger charge is 2.68. The van der Waals surface area contributed by atoms with Crippen LogP contribution in [0.4, 0.5) is 24.5 Å². The quantitative estimate of drug-likeness (QED) is 0.246. The van der Waals surface area contributed by atoms with Crippen LogP contribution in [0.2, 0.25) is 5.02 Å². The summed E-state index contributed by atoms with van der Waals surface area (Å²) >= 11 is 6.34. The molecule has 4 amide bonds. The second-order valence-corrected chi connectivity index (χ2v) is 13.1. The van der Waals surface area contributed by atoms with Crippen molar-refractivity contribution in [1.82, 2.24) is 0 Å². The van der Waals surface area contributed by atoms with E-state index in [0.717, 1.165) is 33.6 Å². The third kappa shape index (κ3) is 4.65. The molecule has 0 spiro atoms. The van der Waals surface area contributed by atoms with Crippen LogP contribution in [0.15, 0.2) is 78.4 Å². The van der Waals surface area contributed by atoms with E-state index in [0.29, 0.717) is 22.0 Å². The SMILES string of the molecule is Cc1ccc(N2C(=O)[C@H]3[C@H](CC=C4[C@H]3C[C@H]3C(=O)N(c5ccccc5)C(=O)[C@@]3(C)[C@H]4c3cc(OC(F)(F)F)ccc3O)C2=O)cc1Cl. The van der Waals surface area contributed by atoms with Crippen LogP contribution < -0.4 is 14.5 Å². The monoisotopic (exact) mass is 664 g/mol. The van der Waals surface area contributed by atoms with Crippen molar-refractivity contribution >= 4 is 46.6 Å². The van der Waals surface area contributed by atoms with Gasteiger partial charge in [0.05, 0.1) is 34.5 Å². The molecule has 2 heterocycles. The van der Waals surface area contributed by atoms with Gasteiger partial charge in [-0.3, -0.25) is 19.2 Å². The number of hydrogen-bond donors (Lipinski definition) is 1. The first-order chi connectivity index (χ1) is 22.2. The topological polar surface area (TPSA) is 104 Å². The minimum atomic E-state index is -5.03. The van der Waals surface area contributed by atoms with E-state index < -0.39 is 76.5 Å². The summed E-state index contributed by atoms with van der Waals surface area (Å²) in [5.74, 6) is -7.64. The fraction of sp³-hybridized carbons (Fsp3) is 0.314. The molecular weight excluding hydrogens is 637 g/mol. The first kappa shape index (κ1) is 31.0. The lowest BCUT2D eigenvalue weighted by Gasteiger charge is -2.49. The zero-order valence-electron chi connectivity index (χ0n) is 25.1. The average molecular weight is 665 g/mol. The molecule has 0 bridgehead atoms. The van der Waals surface area contributed by atoms with Gasteiger partial charge in [-0.2, -0.15) is 0 Å². The Morgan fingerprint density at radius 1 is 0.894 bits per heavy atom. The van der Waals surface area contributed by atoms with Crippen LogP contribution in [-0.4, -0.2) is 35.1 Å². The number of imide groups is 2. The normalized spacial score (nSPS) is 28.6. The summed E-state index contributed by atoms with van der Waals surface area (Å²) in [7, 11) is 0. The van der Waals surface area contributed by atoms with Crippen molar-refractivity contribution in [3.05, 3.63) is 94.5 Å². The zero-order chi connectivity index (χ0) is 33.6. The minimum absolute atomic E-state index is 0.0366. The molecule has 1 saturated carbocycles. The third-order valence-electron chi connectivity index (χ3n) is 10.2. The van der Waals surface area contributed by atoms with E-state index in [1.165, 1.54) is 0 Å². The van der Waals surface area contributed by atoms with Crippen molar-refractivity contribution in [1.29, 1.82) is 0 Å². The fourth-order valence-electron chi connectivity index (χ4n) is 8.12. The van der Waals surface area contributed by atoms with Crippen molar-refractivity contribution in [3.63, 3.8) is 0 Å². The maximum Gasteiger partial charge on any atom is 0.573 e. The largest absolute Gasteiger partial charge is 0.573 e. The van der Waals surface area contributed by atoms with Gasteiger partial charge in [0.25, 0.3) is 0 Å². The number of allylic oxidation sites excluding steroid dienone is 2. The van der Waals surface area contributed by atoms with Gasteiger partial charge in [0.15, 0.2) is 0 Å². The van der Waals surface area contributed by atoms with E-state index in [4.69, 9.17) is 11.6 Å². The molecule has 6 atom stereocenters. The number of aryl methyl sites for hydroxylation is 1. The number of nitrogens with zero attached hydrogens (tertiary/aromatic N) is 2. The number of amides is 4. The first-order valence-electron chi connectivity index (χ1n) is 15.1. The maximum atomic E-state index is 14.4. The summed E-state index contributed by atoms with van der Waals surface area (Å²) in [5, 5.41) is 11.5. The van der Waals surface area contributed by atoms with Crippen LogP contribution in [-0.2, 0) is 19.2 Å². The highest BCUT2D eigenvalue weighted by Crippen LogP contribution is 2.64. The van der Waals surface area contributed by atoms with Gasteiger partial charge in [-0.1, -0.05) is 47.5 Å². The molecule has 0 unspecified atom stereocenters. The van der Waals surface area contributed by atoms with Crippen LogP contribution in [0.1, 0.15) is 36.8 Å². The van der Waals surface area contributed by atoms with Crippen molar-refractivity contribution in [2.45, 2.75) is 39.0 Å².